The fourth-order valence-corrected chi connectivity index (χ4v) is 4.30. The minimum atomic E-state index is -3.23. The van der Waals surface area contributed by atoms with E-state index in [1.165, 1.54) is 0 Å². The third-order valence-electron chi connectivity index (χ3n) is 4.17. The molecule has 6 nitrogen and oxygen atoms in total. The Balaban J connectivity index is 1.50. The van der Waals surface area contributed by atoms with Crippen molar-refractivity contribution in [3.63, 3.8) is 0 Å². The number of rotatable bonds is 8. The van der Waals surface area contributed by atoms with Gasteiger partial charge >= 0.3 is 0 Å². The lowest BCUT2D eigenvalue weighted by atomic mass is 10.3. The molecule has 1 aromatic heterocycles. The van der Waals surface area contributed by atoms with Crippen molar-refractivity contribution < 1.29 is 8.42 Å². The van der Waals surface area contributed by atoms with Gasteiger partial charge in [0.1, 0.15) is 0 Å². The quantitative estimate of drug-likeness (QED) is 0.459. The largest absolute Gasteiger partial charge is 0.345 e. The summed E-state index contributed by atoms with van der Waals surface area (Å²) in [6, 6.07) is 15.6. The second-order valence-electron chi connectivity index (χ2n) is 6.48. The maximum atomic E-state index is 11.2. The molecule has 0 aliphatic heterocycles. The van der Waals surface area contributed by atoms with E-state index >= 15 is 0 Å². The molecule has 0 radical (unpaired) electrons. The van der Waals surface area contributed by atoms with Crippen molar-refractivity contribution in [1.82, 2.24) is 9.55 Å². The number of aryl methyl sites for hydroxylation is 1. The third kappa shape index (κ3) is 5.17. The normalized spacial score (nSPS) is 11.7. The van der Waals surface area contributed by atoms with E-state index in [-0.39, 0.29) is 0 Å². The SMILES string of the molecule is CN(CCCSc1ccc(NS(C)(=O)=O)cc1)c1nc2ccccc2n1C. The highest BCUT2D eigenvalue weighted by atomic mass is 32.2. The van der Waals surface area contributed by atoms with E-state index in [1.807, 2.05) is 37.4 Å². The van der Waals surface area contributed by atoms with Crippen LogP contribution < -0.4 is 9.62 Å². The molecule has 0 fully saturated rings. The molecule has 0 unspecified atom stereocenters. The molecule has 2 aromatic carbocycles. The standard InChI is InChI=1S/C19H24N4O2S2/c1-22(19-20-17-7-4-5-8-18(17)23(19)2)13-6-14-26-16-11-9-15(10-12-16)21-27(3,24)25/h4-5,7-12,21H,6,13-14H2,1-3H3. The molecule has 3 rings (SSSR count). The molecule has 0 aliphatic rings. The van der Waals surface area contributed by atoms with Crippen molar-refractivity contribution in [3.8, 4) is 0 Å². The number of thioether (sulfide) groups is 1. The number of hydrogen-bond acceptors (Lipinski definition) is 5. The van der Waals surface area contributed by atoms with Gasteiger partial charge in [-0.2, -0.15) is 0 Å². The molecular weight excluding hydrogens is 380 g/mol. The lowest BCUT2D eigenvalue weighted by Crippen LogP contribution is -2.22. The summed E-state index contributed by atoms with van der Waals surface area (Å²) >= 11 is 1.76. The molecule has 0 spiro atoms. The fourth-order valence-electron chi connectivity index (χ4n) is 2.90. The minimum Gasteiger partial charge on any atom is -0.345 e. The van der Waals surface area contributed by atoms with Crippen molar-refractivity contribution in [2.75, 3.05) is 35.2 Å². The molecule has 1 heterocycles. The van der Waals surface area contributed by atoms with Gasteiger partial charge in [0, 0.05) is 31.2 Å². The van der Waals surface area contributed by atoms with Crippen LogP contribution in [0.3, 0.4) is 0 Å². The Morgan fingerprint density at radius 2 is 1.85 bits per heavy atom. The summed E-state index contributed by atoms with van der Waals surface area (Å²) in [6.07, 6.45) is 2.17. The first-order valence-electron chi connectivity index (χ1n) is 8.67. The molecule has 3 aromatic rings. The van der Waals surface area contributed by atoms with Gasteiger partial charge in [0.05, 0.1) is 17.3 Å². The van der Waals surface area contributed by atoms with Gasteiger partial charge in [0.25, 0.3) is 0 Å². The van der Waals surface area contributed by atoms with Crippen LogP contribution in [-0.2, 0) is 17.1 Å². The second-order valence-corrected chi connectivity index (χ2v) is 9.40. The van der Waals surface area contributed by atoms with Crippen molar-refractivity contribution in [2.24, 2.45) is 7.05 Å². The van der Waals surface area contributed by atoms with Crippen LogP contribution in [0.2, 0.25) is 0 Å². The van der Waals surface area contributed by atoms with Crippen LogP contribution in [0.1, 0.15) is 6.42 Å². The van der Waals surface area contributed by atoms with Gasteiger partial charge in [-0.3, -0.25) is 4.72 Å². The first-order valence-corrected chi connectivity index (χ1v) is 11.5. The van der Waals surface area contributed by atoms with Crippen molar-refractivity contribution in [3.05, 3.63) is 48.5 Å². The molecule has 0 aliphatic carbocycles. The number of hydrogen-bond donors (Lipinski definition) is 1. The number of aromatic nitrogens is 2. The molecule has 0 saturated heterocycles. The predicted molar refractivity (Wildman–Crippen MR) is 114 cm³/mol. The monoisotopic (exact) mass is 404 g/mol. The van der Waals surface area contributed by atoms with Crippen molar-refractivity contribution >= 4 is 44.5 Å². The minimum absolute atomic E-state index is 0.587. The first kappa shape index (κ1) is 19.6. The van der Waals surface area contributed by atoms with E-state index < -0.39 is 10.0 Å². The number of nitrogens with one attached hydrogen (secondary N) is 1. The van der Waals surface area contributed by atoms with E-state index in [2.05, 4.69) is 27.3 Å². The number of sulfonamides is 1. The zero-order valence-electron chi connectivity index (χ0n) is 15.7. The number of fused-ring (bicyclic) bond motifs is 1. The summed E-state index contributed by atoms with van der Waals surface area (Å²) in [5, 5.41) is 0. The van der Waals surface area contributed by atoms with Gasteiger partial charge in [0.15, 0.2) is 0 Å². The molecule has 27 heavy (non-hydrogen) atoms. The summed E-state index contributed by atoms with van der Waals surface area (Å²) < 4.78 is 27.1. The lowest BCUT2D eigenvalue weighted by Gasteiger charge is -2.18. The number of benzene rings is 2. The summed E-state index contributed by atoms with van der Waals surface area (Å²) in [7, 11) is 0.880. The number of nitrogens with zero attached hydrogens (tertiary/aromatic N) is 3. The molecule has 0 saturated carbocycles. The lowest BCUT2D eigenvalue weighted by molar-refractivity contribution is 0.607. The van der Waals surface area contributed by atoms with Crippen LogP contribution in [-0.4, -0.2) is 43.6 Å². The van der Waals surface area contributed by atoms with Gasteiger partial charge in [-0.15, -0.1) is 11.8 Å². The number of imidazole rings is 1. The summed E-state index contributed by atoms with van der Waals surface area (Å²) in [4.78, 5) is 8.02. The molecule has 0 atom stereocenters. The highest BCUT2D eigenvalue weighted by molar-refractivity contribution is 7.99. The fraction of sp³-hybridized carbons (Fsp3) is 0.316. The van der Waals surface area contributed by atoms with Crippen LogP contribution in [0.15, 0.2) is 53.4 Å². The van der Waals surface area contributed by atoms with Crippen LogP contribution >= 0.6 is 11.8 Å². The summed E-state index contributed by atoms with van der Waals surface area (Å²) in [5.41, 5.74) is 2.74. The summed E-state index contributed by atoms with van der Waals surface area (Å²) in [6.45, 7) is 0.915. The van der Waals surface area contributed by atoms with Crippen LogP contribution in [0.5, 0.6) is 0 Å². The highest BCUT2D eigenvalue weighted by Crippen LogP contribution is 2.23. The number of para-hydroxylation sites is 2. The topological polar surface area (TPSA) is 67.2 Å². The van der Waals surface area contributed by atoms with Gasteiger partial charge in [-0.05, 0) is 48.6 Å². The van der Waals surface area contributed by atoms with Crippen molar-refractivity contribution in [2.45, 2.75) is 11.3 Å². The van der Waals surface area contributed by atoms with Gasteiger partial charge < -0.3 is 9.47 Å². The van der Waals surface area contributed by atoms with Crippen LogP contribution in [0, 0.1) is 0 Å². The molecule has 8 heteroatoms. The Bertz CT molecular complexity index is 1010. The smallest absolute Gasteiger partial charge is 0.229 e. The number of anilines is 2. The van der Waals surface area contributed by atoms with Crippen LogP contribution in [0.4, 0.5) is 11.6 Å². The maximum Gasteiger partial charge on any atom is 0.229 e. The predicted octanol–water partition coefficient (Wildman–Crippen LogP) is 3.56. The Labute approximate surface area is 164 Å². The Hall–Kier alpha value is -2.19. The molecule has 0 amide bonds. The van der Waals surface area contributed by atoms with E-state index in [0.29, 0.717) is 5.69 Å². The van der Waals surface area contributed by atoms with Crippen molar-refractivity contribution in [1.29, 1.82) is 0 Å². The molecule has 0 bridgehead atoms. The maximum absolute atomic E-state index is 11.2. The van der Waals surface area contributed by atoms with Crippen LogP contribution in [0.25, 0.3) is 11.0 Å². The Kier molecular flexibility index (Phi) is 5.96. The van der Waals surface area contributed by atoms with E-state index in [4.69, 9.17) is 4.98 Å². The zero-order chi connectivity index (χ0) is 19.4. The highest BCUT2D eigenvalue weighted by Gasteiger charge is 2.11. The molecule has 144 valence electrons. The van der Waals surface area contributed by atoms with E-state index in [0.717, 1.165) is 46.9 Å². The third-order valence-corrected chi connectivity index (χ3v) is 5.87. The van der Waals surface area contributed by atoms with Gasteiger partial charge in [-0.1, -0.05) is 12.1 Å². The molecular formula is C19H24N4O2S2. The summed E-state index contributed by atoms with van der Waals surface area (Å²) in [5.74, 6) is 1.95. The zero-order valence-corrected chi connectivity index (χ0v) is 17.3. The average Bonchev–Trinajstić information content (AvgIpc) is 2.96. The Morgan fingerprint density at radius 3 is 2.52 bits per heavy atom. The van der Waals surface area contributed by atoms with Gasteiger partial charge in [-0.25, -0.2) is 13.4 Å². The van der Waals surface area contributed by atoms with E-state index in [1.54, 1.807) is 23.9 Å². The average molecular weight is 405 g/mol. The van der Waals surface area contributed by atoms with Gasteiger partial charge in [0.2, 0.25) is 16.0 Å². The van der Waals surface area contributed by atoms with E-state index in [9.17, 15) is 8.42 Å². The Morgan fingerprint density at radius 1 is 1.15 bits per heavy atom. The first-order chi connectivity index (χ1) is 12.8. The second kappa shape index (κ2) is 8.22. The molecule has 1 N–H and O–H groups in total.